The molecule has 1 radical (unpaired) electrons. The second kappa shape index (κ2) is 27.7. The summed E-state index contributed by atoms with van der Waals surface area (Å²) in [5.74, 6) is 0. The SMILES string of the molecule is CCCCCCCCCCCC[N+](C)(I)CCCCCCCCCCCC.[CH2]CC. The lowest BCUT2D eigenvalue weighted by atomic mass is 10.1. The van der Waals surface area contributed by atoms with Gasteiger partial charge in [-0.25, -0.2) is 0 Å². The quantitative estimate of drug-likeness (QED) is 0.0732. The van der Waals surface area contributed by atoms with Crippen molar-refractivity contribution in [2.75, 3.05) is 20.1 Å². The summed E-state index contributed by atoms with van der Waals surface area (Å²) in [4.78, 5) is 0. The highest BCUT2D eigenvalue weighted by Crippen LogP contribution is 2.19. The Morgan fingerprint density at radius 3 is 0.900 bits per heavy atom. The normalized spacial score (nSPS) is 11.4. The van der Waals surface area contributed by atoms with Crippen molar-refractivity contribution in [1.82, 2.24) is 0 Å². The highest BCUT2D eigenvalue weighted by atomic mass is 127. The number of halogens is 1. The van der Waals surface area contributed by atoms with Crippen LogP contribution >= 0.6 is 22.9 Å². The molecule has 2 heteroatoms. The second-order valence-corrected chi connectivity index (χ2v) is 11.9. The molecule has 30 heavy (non-hydrogen) atoms. The first-order valence-electron chi connectivity index (χ1n) is 13.9. The zero-order valence-electron chi connectivity index (χ0n) is 21.8. The summed E-state index contributed by atoms with van der Waals surface area (Å²) < 4.78 is 1.21. The van der Waals surface area contributed by atoms with Crippen LogP contribution in [0.4, 0.5) is 0 Å². The Morgan fingerprint density at radius 1 is 0.467 bits per heavy atom. The zero-order valence-corrected chi connectivity index (χ0v) is 24.0. The van der Waals surface area contributed by atoms with Gasteiger partial charge in [0.1, 0.15) is 0 Å². The van der Waals surface area contributed by atoms with E-state index in [9.17, 15) is 0 Å². The van der Waals surface area contributed by atoms with Gasteiger partial charge in [-0.1, -0.05) is 137 Å². The van der Waals surface area contributed by atoms with E-state index in [4.69, 9.17) is 0 Å². The molecule has 0 amide bonds. The summed E-state index contributed by atoms with van der Waals surface area (Å²) in [5, 5.41) is 0. The molecule has 0 fully saturated rings. The van der Waals surface area contributed by atoms with Gasteiger partial charge in [-0.05, 0) is 25.7 Å². The van der Waals surface area contributed by atoms with Gasteiger partial charge >= 0.3 is 0 Å². The number of rotatable bonds is 22. The molecule has 0 aliphatic carbocycles. The Hall–Kier alpha value is 0.690. The maximum atomic E-state index is 3.49. The van der Waals surface area contributed by atoms with Crippen LogP contribution in [0.25, 0.3) is 0 Å². The Morgan fingerprint density at radius 2 is 0.667 bits per heavy atom. The van der Waals surface area contributed by atoms with E-state index in [0.717, 1.165) is 6.42 Å². The van der Waals surface area contributed by atoms with Crippen LogP contribution in [-0.4, -0.2) is 22.8 Å². The van der Waals surface area contributed by atoms with Crippen LogP contribution in [0, 0.1) is 6.92 Å². The minimum Gasteiger partial charge on any atom is -0.270 e. The van der Waals surface area contributed by atoms with Crippen LogP contribution < -0.4 is 0 Å². The van der Waals surface area contributed by atoms with Crippen LogP contribution in [0.5, 0.6) is 0 Å². The van der Waals surface area contributed by atoms with Crippen LogP contribution in [0.15, 0.2) is 0 Å². The largest absolute Gasteiger partial charge is 0.270 e. The maximum Gasteiger partial charge on any atom is 0.248 e. The minimum atomic E-state index is 1.00. The molecule has 0 aromatic rings. The van der Waals surface area contributed by atoms with Crippen molar-refractivity contribution in [2.24, 2.45) is 0 Å². The van der Waals surface area contributed by atoms with Crippen molar-refractivity contribution >= 4 is 22.9 Å². The van der Waals surface area contributed by atoms with Crippen molar-refractivity contribution < 1.29 is 2.70 Å². The minimum absolute atomic E-state index is 1.00. The summed E-state index contributed by atoms with van der Waals surface area (Å²) in [6, 6.07) is 0. The highest BCUT2D eigenvalue weighted by Gasteiger charge is 2.16. The van der Waals surface area contributed by atoms with E-state index in [-0.39, 0.29) is 0 Å². The molecule has 183 valence electrons. The van der Waals surface area contributed by atoms with E-state index in [0.29, 0.717) is 0 Å². The van der Waals surface area contributed by atoms with E-state index >= 15 is 0 Å². The third-order valence-electron chi connectivity index (χ3n) is 5.96. The number of hydrogen-bond acceptors (Lipinski definition) is 0. The summed E-state index contributed by atoms with van der Waals surface area (Å²) in [7, 11) is 2.43. The molecule has 0 spiro atoms. The molecule has 0 aliphatic rings. The molecule has 0 rings (SSSR count). The Bertz CT molecular complexity index is 264. The van der Waals surface area contributed by atoms with E-state index in [1.807, 2.05) is 6.92 Å². The summed E-state index contributed by atoms with van der Waals surface area (Å²) >= 11 is 2.69. The molecule has 0 aromatic carbocycles. The molecular weight excluding hydrogens is 477 g/mol. The lowest BCUT2D eigenvalue weighted by Crippen LogP contribution is -2.34. The van der Waals surface area contributed by atoms with E-state index in [1.165, 1.54) is 144 Å². The van der Waals surface area contributed by atoms with Gasteiger partial charge < -0.3 is 0 Å². The Kier molecular flexibility index (Phi) is 30.4. The third kappa shape index (κ3) is 30.9. The van der Waals surface area contributed by atoms with Crippen LogP contribution in [0.2, 0.25) is 0 Å². The zero-order chi connectivity index (χ0) is 22.8. The standard InChI is InChI=1S/C25H53IN.C3H7/c1-4-6-8-10-12-14-16-18-20-22-24-27(3,26)25-23-21-19-17-15-13-11-9-7-5-2;1-3-2/h4-25H2,1-3H3;1,3H2,2H3/q+1;. The van der Waals surface area contributed by atoms with Gasteiger partial charge in [-0.3, -0.25) is 2.70 Å². The third-order valence-corrected chi connectivity index (χ3v) is 6.92. The van der Waals surface area contributed by atoms with Crippen molar-refractivity contribution in [3.05, 3.63) is 6.92 Å². The van der Waals surface area contributed by atoms with Crippen LogP contribution in [0.1, 0.15) is 156 Å². The summed E-state index contributed by atoms with van der Waals surface area (Å²) in [5.41, 5.74) is 0. The molecule has 0 saturated carbocycles. The fourth-order valence-corrected chi connectivity index (χ4v) is 4.65. The molecule has 0 aliphatic heterocycles. The second-order valence-electron chi connectivity index (χ2n) is 9.58. The van der Waals surface area contributed by atoms with E-state index < -0.39 is 0 Å². The van der Waals surface area contributed by atoms with Crippen LogP contribution in [-0.2, 0) is 0 Å². The van der Waals surface area contributed by atoms with Gasteiger partial charge in [0.15, 0.2) is 0 Å². The Labute approximate surface area is 207 Å². The monoisotopic (exact) mass is 537 g/mol. The summed E-state index contributed by atoms with van der Waals surface area (Å²) in [6.07, 6.45) is 29.9. The molecule has 0 bridgehead atoms. The van der Waals surface area contributed by atoms with Gasteiger partial charge in [-0.2, -0.15) is 0 Å². The maximum absolute atomic E-state index is 3.49. The molecule has 0 N–H and O–H groups in total. The average Bonchev–Trinajstić information content (AvgIpc) is 2.71. The van der Waals surface area contributed by atoms with Crippen molar-refractivity contribution in [3.8, 4) is 0 Å². The molecule has 0 atom stereocenters. The first-order chi connectivity index (χ1) is 14.5. The van der Waals surface area contributed by atoms with Gasteiger partial charge in [0.2, 0.25) is 22.9 Å². The molecule has 0 saturated heterocycles. The molecular formula is C28H60IN+. The van der Waals surface area contributed by atoms with E-state index in [1.54, 1.807) is 0 Å². The predicted molar refractivity (Wildman–Crippen MR) is 149 cm³/mol. The number of quaternary nitrogens is 1. The first-order valence-corrected chi connectivity index (χ1v) is 14.8. The number of unbranched alkanes of at least 4 members (excludes halogenated alkanes) is 18. The average molecular weight is 538 g/mol. The van der Waals surface area contributed by atoms with Crippen molar-refractivity contribution in [2.45, 2.75) is 156 Å². The Balaban J connectivity index is 0. The fourth-order valence-electron chi connectivity index (χ4n) is 3.97. The van der Waals surface area contributed by atoms with Gasteiger partial charge in [-0.15, -0.1) is 0 Å². The smallest absolute Gasteiger partial charge is 0.248 e. The van der Waals surface area contributed by atoms with Gasteiger partial charge in [0, 0.05) is 0 Å². The van der Waals surface area contributed by atoms with Crippen molar-refractivity contribution in [1.29, 1.82) is 0 Å². The number of hydrogen-bond donors (Lipinski definition) is 0. The first kappa shape index (κ1) is 32.9. The fraction of sp³-hybridized carbons (Fsp3) is 0.964. The molecule has 1 nitrogen and oxygen atoms in total. The molecule has 0 unspecified atom stereocenters. The lowest BCUT2D eigenvalue weighted by Gasteiger charge is -2.26. The van der Waals surface area contributed by atoms with Crippen molar-refractivity contribution in [3.63, 3.8) is 0 Å². The predicted octanol–water partition coefficient (Wildman–Crippen LogP) is 10.9. The van der Waals surface area contributed by atoms with E-state index in [2.05, 4.69) is 50.7 Å². The highest BCUT2D eigenvalue weighted by molar-refractivity contribution is 14.1. The number of nitrogens with zero attached hydrogens (tertiary/aromatic N) is 1. The molecule has 0 heterocycles. The van der Waals surface area contributed by atoms with Crippen LogP contribution in [0.3, 0.4) is 0 Å². The summed E-state index contributed by atoms with van der Waals surface area (Å²) in [6.45, 7) is 12.8. The lowest BCUT2D eigenvalue weighted by molar-refractivity contribution is -0.731. The molecule has 0 aromatic heterocycles. The van der Waals surface area contributed by atoms with Gasteiger partial charge in [0.05, 0.1) is 20.1 Å². The van der Waals surface area contributed by atoms with Gasteiger partial charge in [0.25, 0.3) is 0 Å². The topological polar surface area (TPSA) is 0 Å².